The van der Waals surface area contributed by atoms with E-state index in [1.165, 1.54) is 77.0 Å². The molecule has 2 atom stereocenters. The second kappa shape index (κ2) is 15.0. The van der Waals surface area contributed by atoms with E-state index < -0.39 is 0 Å². The van der Waals surface area contributed by atoms with Gasteiger partial charge in [-0.2, -0.15) is 0 Å². The Labute approximate surface area is 190 Å². The van der Waals surface area contributed by atoms with Crippen LogP contribution in [0.2, 0.25) is 0 Å². The summed E-state index contributed by atoms with van der Waals surface area (Å²) in [6.45, 7) is 5.19. The van der Waals surface area contributed by atoms with Crippen LogP contribution in [0.5, 0.6) is 0 Å². The summed E-state index contributed by atoms with van der Waals surface area (Å²) in [5.41, 5.74) is 1.43. The van der Waals surface area contributed by atoms with Gasteiger partial charge in [0.15, 0.2) is 0 Å². The van der Waals surface area contributed by atoms with Crippen molar-refractivity contribution in [1.82, 2.24) is 5.32 Å². The topological polar surface area (TPSA) is 58.2 Å². The van der Waals surface area contributed by atoms with Crippen molar-refractivity contribution in [3.63, 3.8) is 0 Å². The molecule has 1 aliphatic carbocycles. The van der Waals surface area contributed by atoms with E-state index in [9.17, 15) is 9.59 Å². The smallest absolute Gasteiger partial charge is 0.251 e. The monoisotopic (exact) mass is 428 g/mol. The van der Waals surface area contributed by atoms with Crippen molar-refractivity contribution in [2.45, 2.75) is 104 Å². The summed E-state index contributed by atoms with van der Waals surface area (Å²) in [7, 11) is 0. The van der Waals surface area contributed by atoms with Crippen LogP contribution in [0.25, 0.3) is 0 Å². The zero-order valence-corrected chi connectivity index (χ0v) is 19.9. The van der Waals surface area contributed by atoms with Crippen molar-refractivity contribution in [2.24, 2.45) is 11.8 Å². The zero-order chi connectivity index (χ0) is 22.3. The van der Waals surface area contributed by atoms with Gasteiger partial charge in [0.2, 0.25) is 5.91 Å². The Balaban J connectivity index is 1.59. The normalized spacial score (nSPS) is 17.4. The predicted octanol–water partition coefficient (Wildman–Crippen LogP) is 7.10. The van der Waals surface area contributed by atoms with E-state index >= 15 is 0 Å². The molecule has 2 N–H and O–H groups in total. The molecule has 174 valence electrons. The molecule has 0 unspecified atom stereocenters. The number of anilines is 1. The van der Waals surface area contributed by atoms with Crippen LogP contribution in [0.3, 0.4) is 0 Å². The molecule has 31 heavy (non-hydrogen) atoms. The molecule has 1 saturated carbocycles. The minimum atomic E-state index is -0.0346. The van der Waals surface area contributed by atoms with E-state index in [2.05, 4.69) is 24.5 Å². The van der Waals surface area contributed by atoms with Crippen molar-refractivity contribution < 1.29 is 9.59 Å². The van der Waals surface area contributed by atoms with E-state index in [0.717, 1.165) is 25.1 Å². The Hall–Kier alpha value is -1.84. The summed E-state index contributed by atoms with van der Waals surface area (Å²) in [4.78, 5) is 24.7. The summed E-state index contributed by atoms with van der Waals surface area (Å²) in [5, 5.41) is 6.02. The standard InChI is InChI=1S/C27H44N2O2/c1-3-5-7-9-11-13-15-23-21-25(23)27(31)29-24-18-16-22(17-19-24)26(30)28-20-14-12-10-8-6-4-2/h16-19,23,25H,3-15,20-21H2,1-2H3,(H,28,30)(H,29,31)/t23-,25+/m0/s1. The minimum Gasteiger partial charge on any atom is -0.352 e. The van der Waals surface area contributed by atoms with E-state index in [4.69, 9.17) is 0 Å². The summed E-state index contributed by atoms with van der Waals surface area (Å²) >= 11 is 0. The van der Waals surface area contributed by atoms with Gasteiger partial charge in [0.1, 0.15) is 0 Å². The highest BCUT2D eigenvalue weighted by Crippen LogP contribution is 2.43. The van der Waals surface area contributed by atoms with E-state index in [1.807, 2.05) is 12.1 Å². The van der Waals surface area contributed by atoms with Gasteiger partial charge in [-0.25, -0.2) is 0 Å². The largest absolute Gasteiger partial charge is 0.352 e. The molecule has 0 saturated heterocycles. The molecule has 1 fully saturated rings. The molecule has 4 nitrogen and oxygen atoms in total. The molecule has 0 radical (unpaired) electrons. The number of hydrogen-bond acceptors (Lipinski definition) is 2. The molecule has 1 aliphatic rings. The minimum absolute atomic E-state index is 0.0346. The molecule has 0 aliphatic heterocycles. The first kappa shape index (κ1) is 25.4. The molecule has 0 heterocycles. The van der Waals surface area contributed by atoms with Gasteiger partial charge < -0.3 is 10.6 Å². The highest BCUT2D eigenvalue weighted by Gasteiger charge is 2.42. The third kappa shape index (κ3) is 10.3. The number of amides is 2. The SMILES string of the molecule is CCCCCCCCNC(=O)c1ccc(NC(=O)[C@@H]2C[C@@H]2CCCCCCCC)cc1. The van der Waals surface area contributed by atoms with Crippen LogP contribution in [0.1, 0.15) is 114 Å². The third-order valence-electron chi connectivity index (χ3n) is 6.42. The fourth-order valence-electron chi connectivity index (χ4n) is 4.22. The van der Waals surface area contributed by atoms with Gasteiger partial charge in [0.05, 0.1) is 0 Å². The highest BCUT2D eigenvalue weighted by molar-refractivity contribution is 5.97. The summed E-state index contributed by atoms with van der Waals surface area (Å²) in [6, 6.07) is 7.27. The average Bonchev–Trinajstić information content (AvgIpc) is 3.56. The molecule has 0 aromatic heterocycles. The van der Waals surface area contributed by atoms with Gasteiger partial charge in [-0.3, -0.25) is 9.59 Å². The lowest BCUT2D eigenvalue weighted by Crippen LogP contribution is -2.24. The number of carbonyl (C=O) groups is 2. The first-order chi connectivity index (χ1) is 15.2. The van der Waals surface area contributed by atoms with Gasteiger partial charge >= 0.3 is 0 Å². The van der Waals surface area contributed by atoms with Crippen molar-refractivity contribution in [3.8, 4) is 0 Å². The molecule has 1 aromatic rings. The van der Waals surface area contributed by atoms with Crippen molar-refractivity contribution in [1.29, 1.82) is 0 Å². The molecule has 0 bridgehead atoms. The highest BCUT2D eigenvalue weighted by atomic mass is 16.2. The van der Waals surface area contributed by atoms with E-state index in [-0.39, 0.29) is 17.7 Å². The van der Waals surface area contributed by atoms with Crippen LogP contribution >= 0.6 is 0 Å². The second-order valence-electron chi connectivity index (χ2n) is 9.25. The van der Waals surface area contributed by atoms with Crippen LogP contribution in [0.4, 0.5) is 5.69 Å². The lowest BCUT2D eigenvalue weighted by atomic mass is 10.1. The predicted molar refractivity (Wildman–Crippen MR) is 130 cm³/mol. The Morgan fingerprint density at radius 2 is 1.39 bits per heavy atom. The first-order valence-electron chi connectivity index (χ1n) is 12.8. The molecule has 4 heteroatoms. The Morgan fingerprint density at radius 1 is 0.806 bits per heavy atom. The van der Waals surface area contributed by atoms with Gasteiger partial charge in [-0.15, -0.1) is 0 Å². The lowest BCUT2D eigenvalue weighted by Gasteiger charge is -2.08. The quantitative estimate of drug-likeness (QED) is 0.260. The fraction of sp³-hybridized carbons (Fsp3) is 0.704. The van der Waals surface area contributed by atoms with Gasteiger partial charge in [-0.1, -0.05) is 84.5 Å². The molecule has 0 spiro atoms. The summed E-state index contributed by atoms with van der Waals surface area (Å²) in [6.07, 6.45) is 17.4. The average molecular weight is 429 g/mol. The van der Waals surface area contributed by atoms with Gasteiger partial charge in [0.25, 0.3) is 5.91 Å². The van der Waals surface area contributed by atoms with Gasteiger partial charge in [0, 0.05) is 23.7 Å². The van der Waals surface area contributed by atoms with Crippen LogP contribution in [-0.4, -0.2) is 18.4 Å². The van der Waals surface area contributed by atoms with E-state index in [1.54, 1.807) is 12.1 Å². The number of benzene rings is 1. The summed E-state index contributed by atoms with van der Waals surface area (Å²) < 4.78 is 0. The molecule has 2 rings (SSSR count). The van der Waals surface area contributed by atoms with Crippen LogP contribution in [0, 0.1) is 11.8 Å². The van der Waals surface area contributed by atoms with Crippen LogP contribution in [0.15, 0.2) is 24.3 Å². The summed E-state index contributed by atoms with van der Waals surface area (Å²) in [5.74, 6) is 0.845. The zero-order valence-electron chi connectivity index (χ0n) is 19.9. The lowest BCUT2D eigenvalue weighted by molar-refractivity contribution is -0.117. The molecule has 1 aromatic carbocycles. The van der Waals surface area contributed by atoms with Crippen molar-refractivity contribution >= 4 is 17.5 Å². The molecular weight excluding hydrogens is 384 g/mol. The van der Waals surface area contributed by atoms with Crippen molar-refractivity contribution in [3.05, 3.63) is 29.8 Å². The van der Waals surface area contributed by atoms with Crippen LogP contribution in [-0.2, 0) is 4.79 Å². The second-order valence-corrected chi connectivity index (χ2v) is 9.25. The van der Waals surface area contributed by atoms with Crippen LogP contribution < -0.4 is 10.6 Å². The Kier molecular flexibility index (Phi) is 12.3. The fourth-order valence-corrected chi connectivity index (χ4v) is 4.22. The number of rotatable bonds is 17. The molecular formula is C27H44N2O2. The third-order valence-corrected chi connectivity index (χ3v) is 6.42. The van der Waals surface area contributed by atoms with Gasteiger partial charge in [-0.05, 0) is 49.4 Å². The number of nitrogens with one attached hydrogen (secondary N) is 2. The van der Waals surface area contributed by atoms with E-state index in [0.29, 0.717) is 11.5 Å². The Bertz CT molecular complexity index is 641. The first-order valence-corrected chi connectivity index (χ1v) is 12.8. The number of carbonyl (C=O) groups excluding carboxylic acids is 2. The number of hydrogen-bond donors (Lipinski definition) is 2. The maximum Gasteiger partial charge on any atom is 0.251 e. The Morgan fingerprint density at radius 3 is 2.03 bits per heavy atom. The maximum atomic E-state index is 12.5. The number of unbranched alkanes of at least 4 members (excludes halogenated alkanes) is 10. The maximum absolute atomic E-state index is 12.5. The van der Waals surface area contributed by atoms with Crippen molar-refractivity contribution in [2.75, 3.05) is 11.9 Å². The molecule has 2 amide bonds.